The van der Waals surface area contributed by atoms with Crippen molar-refractivity contribution in [1.82, 2.24) is 10.6 Å². The average Bonchev–Trinajstić information content (AvgIpc) is 3.32. The summed E-state index contributed by atoms with van der Waals surface area (Å²) in [6.07, 6.45) is 5.27. The van der Waals surface area contributed by atoms with Gasteiger partial charge >= 0.3 is 6.03 Å². The molecule has 5 nitrogen and oxygen atoms in total. The number of hydrogen-bond donors (Lipinski definition) is 3. The third kappa shape index (κ3) is 4.17. The molecule has 1 unspecified atom stereocenters. The number of carbonyl (C=O) groups is 1. The normalized spacial score (nSPS) is 16.4. The fraction of sp³-hybridized carbons (Fsp3) is 0.421. The molecule has 1 aliphatic carbocycles. The van der Waals surface area contributed by atoms with E-state index in [2.05, 4.69) is 22.8 Å². The van der Waals surface area contributed by atoms with Crippen molar-refractivity contribution in [3.63, 3.8) is 0 Å². The van der Waals surface area contributed by atoms with Gasteiger partial charge in [0.1, 0.15) is 11.4 Å². The first kappa shape index (κ1) is 16.6. The van der Waals surface area contributed by atoms with E-state index in [1.165, 1.54) is 5.56 Å². The largest absolute Gasteiger partial charge is 0.466 e. The Bertz CT molecular complexity index is 638. The summed E-state index contributed by atoms with van der Waals surface area (Å²) in [7, 11) is 0. The van der Waals surface area contributed by atoms with Crippen LogP contribution in [0.3, 0.4) is 0 Å². The Morgan fingerprint density at radius 1 is 1.17 bits per heavy atom. The molecule has 2 amide bonds. The second-order valence-corrected chi connectivity index (χ2v) is 6.37. The summed E-state index contributed by atoms with van der Waals surface area (Å²) < 4.78 is 5.36. The Hall–Kier alpha value is -2.27. The van der Waals surface area contributed by atoms with Crippen molar-refractivity contribution in [3.8, 4) is 0 Å². The molecule has 1 atom stereocenters. The minimum absolute atomic E-state index is 0.155. The maximum atomic E-state index is 11.9. The van der Waals surface area contributed by atoms with Gasteiger partial charge in [-0.05, 0) is 49.3 Å². The SMILES string of the molecule is O=C(NCCCc1ccccc1)NCC(O)(c1ccco1)C1CC1. The maximum absolute atomic E-state index is 11.9. The Balaban J connectivity index is 1.40. The van der Waals surface area contributed by atoms with Crippen LogP contribution in [0.2, 0.25) is 0 Å². The number of amides is 2. The summed E-state index contributed by atoms with van der Waals surface area (Å²) in [4.78, 5) is 11.9. The third-order valence-electron chi connectivity index (χ3n) is 4.49. The van der Waals surface area contributed by atoms with Gasteiger partial charge in [-0.25, -0.2) is 4.79 Å². The first-order chi connectivity index (χ1) is 11.7. The summed E-state index contributed by atoms with van der Waals surface area (Å²) in [5.74, 6) is 0.677. The number of carbonyl (C=O) groups excluding carboxylic acids is 1. The van der Waals surface area contributed by atoms with Crippen molar-refractivity contribution in [3.05, 3.63) is 60.1 Å². The predicted molar refractivity (Wildman–Crippen MR) is 91.5 cm³/mol. The van der Waals surface area contributed by atoms with Gasteiger partial charge in [0.05, 0.1) is 12.8 Å². The number of benzene rings is 1. The van der Waals surface area contributed by atoms with E-state index in [1.54, 1.807) is 18.4 Å². The van der Waals surface area contributed by atoms with Crippen molar-refractivity contribution in [1.29, 1.82) is 0 Å². The Morgan fingerprint density at radius 2 is 1.96 bits per heavy atom. The van der Waals surface area contributed by atoms with Crippen LogP contribution in [-0.2, 0) is 12.0 Å². The van der Waals surface area contributed by atoms with Gasteiger partial charge in [-0.15, -0.1) is 0 Å². The van der Waals surface area contributed by atoms with E-state index in [9.17, 15) is 9.90 Å². The molecule has 0 spiro atoms. The van der Waals surface area contributed by atoms with Gasteiger partial charge in [-0.3, -0.25) is 0 Å². The quantitative estimate of drug-likeness (QED) is 0.652. The van der Waals surface area contributed by atoms with Gasteiger partial charge < -0.3 is 20.2 Å². The van der Waals surface area contributed by atoms with Crippen molar-refractivity contribution >= 4 is 6.03 Å². The van der Waals surface area contributed by atoms with Gasteiger partial charge in [0.15, 0.2) is 0 Å². The zero-order chi connectivity index (χ0) is 16.8. The molecule has 0 radical (unpaired) electrons. The van der Waals surface area contributed by atoms with Gasteiger partial charge in [-0.1, -0.05) is 30.3 Å². The number of hydrogen-bond acceptors (Lipinski definition) is 3. The molecule has 3 N–H and O–H groups in total. The number of rotatable bonds is 8. The smallest absolute Gasteiger partial charge is 0.314 e. The molecule has 5 heteroatoms. The first-order valence-electron chi connectivity index (χ1n) is 8.50. The summed E-state index contributed by atoms with van der Waals surface area (Å²) >= 11 is 0. The third-order valence-corrected chi connectivity index (χ3v) is 4.49. The van der Waals surface area contributed by atoms with Crippen LogP contribution in [0, 0.1) is 5.92 Å². The second-order valence-electron chi connectivity index (χ2n) is 6.37. The van der Waals surface area contributed by atoms with Crippen LogP contribution in [0.5, 0.6) is 0 Å². The van der Waals surface area contributed by atoms with E-state index >= 15 is 0 Å². The zero-order valence-corrected chi connectivity index (χ0v) is 13.7. The van der Waals surface area contributed by atoms with Crippen LogP contribution in [0.15, 0.2) is 53.1 Å². The molecular weight excluding hydrogens is 304 g/mol. The highest BCUT2D eigenvalue weighted by Gasteiger charge is 2.47. The first-order valence-corrected chi connectivity index (χ1v) is 8.50. The molecular formula is C19H24N2O3. The van der Waals surface area contributed by atoms with E-state index in [-0.39, 0.29) is 18.5 Å². The molecule has 1 saturated carbocycles. The predicted octanol–water partition coefficient (Wildman–Crippen LogP) is 2.81. The summed E-state index contributed by atoms with van der Waals surface area (Å²) in [6, 6.07) is 13.5. The minimum Gasteiger partial charge on any atom is -0.466 e. The molecule has 0 bridgehead atoms. The molecule has 0 aliphatic heterocycles. The highest BCUT2D eigenvalue weighted by atomic mass is 16.4. The zero-order valence-electron chi connectivity index (χ0n) is 13.7. The lowest BCUT2D eigenvalue weighted by Gasteiger charge is -2.26. The molecule has 1 aliphatic rings. The minimum atomic E-state index is -1.11. The summed E-state index contributed by atoms with van der Waals surface area (Å²) in [6.45, 7) is 0.763. The highest BCUT2D eigenvalue weighted by Crippen LogP contribution is 2.45. The average molecular weight is 328 g/mol. The number of nitrogens with one attached hydrogen (secondary N) is 2. The van der Waals surface area contributed by atoms with E-state index in [0.29, 0.717) is 12.3 Å². The van der Waals surface area contributed by atoms with E-state index < -0.39 is 5.60 Å². The monoisotopic (exact) mass is 328 g/mol. The van der Waals surface area contributed by atoms with E-state index in [0.717, 1.165) is 25.7 Å². The fourth-order valence-corrected chi connectivity index (χ4v) is 2.94. The van der Waals surface area contributed by atoms with E-state index in [1.807, 2.05) is 18.2 Å². The van der Waals surface area contributed by atoms with Crippen LogP contribution in [-0.4, -0.2) is 24.2 Å². The molecule has 24 heavy (non-hydrogen) atoms. The van der Waals surface area contributed by atoms with Crippen LogP contribution in [0.4, 0.5) is 4.79 Å². The van der Waals surface area contributed by atoms with Gasteiger partial charge in [-0.2, -0.15) is 0 Å². The van der Waals surface area contributed by atoms with Crippen molar-refractivity contribution < 1.29 is 14.3 Å². The highest BCUT2D eigenvalue weighted by molar-refractivity contribution is 5.73. The molecule has 1 aromatic carbocycles. The number of aryl methyl sites for hydroxylation is 1. The molecule has 128 valence electrons. The lowest BCUT2D eigenvalue weighted by molar-refractivity contribution is -0.00448. The topological polar surface area (TPSA) is 74.5 Å². The number of aliphatic hydroxyl groups is 1. The summed E-state index contributed by atoms with van der Waals surface area (Å²) in [5, 5.41) is 16.5. The molecule has 1 heterocycles. The van der Waals surface area contributed by atoms with Gasteiger partial charge in [0.25, 0.3) is 0 Å². The summed E-state index contributed by atoms with van der Waals surface area (Å²) in [5.41, 5.74) is 0.158. The maximum Gasteiger partial charge on any atom is 0.314 e. The Kier molecular flexibility index (Phi) is 5.20. The lowest BCUT2D eigenvalue weighted by atomic mass is 9.94. The molecule has 0 saturated heterocycles. The van der Waals surface area contributed by atoms with Crippen LogP contribution in [0.25, 0.3) is 0 Å². The standard InChI is InChI=1S/C19H24N2O3/c22-18(20-12-4-8-15-6-2-1-3-7-15)21-14-19(23,16-10-11-16)17-9-5-13-24-17/h1-3,5-7,9,13,16,23H,4,8,10-12,14H2,(H2,20,21,22). The van der Waals surface area contributed by atoms with Gasteiger partial charge in [0.2, 0.25) is 0 Å². The molecule has 1 aromatic heterocycles. The van der Waals surface area contributed by atoms with Crippen LogP contribution in [0.1, 0.15) is 30.6 Å². The number of furan rings is 1. The Morgan fingerprint density at radius 3 is 2.62 bits per heavy atom. The number of urea groups is 1. The van der Waals surface area contributed by atoms with Crippen molar-refractivity contribution in [2.75, 3.05) is 13.1 Å². The van der Waals surface area contributed by atoms with Gasteiger partial charge in [0, 0.05) is 6.54 Å². The second kappa shape index (κ2) is 7.53. The lowest BCUT2D eigenvalue weighted by Crippen LogP contribution is -2.46. The Labute approximate surface area is 142 Å². The van der Waals surface area contributed by atoms with Crippen molar-refractivity contribution in [2.45, 2.75) is 31.3 Å². The van der Waals surface area contributed by atoms with Crippen LogP contribution < -0.4 is 10.6 Å². The molecule has 2 aromatic rings. The molecule has 1 fully saturated rings. The fourth-order valence-electron chi connectivity index (χ4n) is 2.94. The molecule has 3 rings (SSSR count). The van der Waals surface area contributed by atoms with E-state index in [4.69, 9.17) is 4.42 Å². The van der Waals surface area contributed by atoms with Crippen LogP contribution >= 0.6 is 0 Å². The van der Waals surface area contributed by atoms with Crippen molar-refractivity contribution in [2.24, 2.45) is 5.92 Å².